The van der Waals surface area contributed by atoms with Gasteiger partial charge in [0.15, 0.2) is 0 Å². The highest BCUT2D eigenvalue weighted by atomic mass is 15.3. The van der Waals surface area contributed by atoms with Crippen LogP contribution in [0.3, 0.4) is 0 Å². The number of rotatable bonds is 2. The van der Waals surface area contributed by atoms with E-state index < -0.39 is 0 Å². The van der Waals surface area contributed by atoms with Gasteiger partial charge in [0.2, 0.25) is 0 Å². The normalized spacial score (nSPS) is 30.4. The molecule has 1 fully saturated rings. The number of aromatic nitrogens is 2. The van der Waals surface area contributed by atoms with Crippen LogP contribution < -0.4 is 5.32 Å². The summed E-state index contributed by atoms with van der Waals surface area (Å²) in [6.07, 6.45) is 6.10. The number of aryl methyl sites for hydroxylation is 2. The molecule has 0 amide bonds. The van der Waals surface area contributed by atoms with Gasteiger partial charge in [-0.3, -0.25) is 4.68 Å². The largest absolute Gasteiger partial charge is 0.379 e. The average Bonchev–Trinajstić information content (AvgIpc) is 2.51. The van der Waals surface area contributed by atoms with Crippen LogP contribution in [0.5, 0.6) is 0 Å². The van der Waals surface area contributed by atoms with Gasteiger partial charge >= 0.3 is 0 Å². The molecule has 0 saturated heterocycles. The van der Waals surface area contributed by atoms with E-state index >= 15 is 0 Å². The van der Waals surface area contributed by atoms with Gasteiger partial charge in [-0.15, -0.1) is 0 Å². The second-order valence-corrected chi connectivity index (χ2v) is 5.45. The molecular formula is C13H23N3. The Kier molecular flexibility index (Phi) is 3.22. The summed E-state index contributed by atoms with van der Waals surface area (Å²) in [5, 5.41) is 8.04. The average molecular weight is 221 g/mol. The first-order chi connectivity index (χ1) is 7.56. The predicted octanol–water partition coefficient (Wildman–Crippen LogP) is 2.97. The third-order valence-corrected chi connectivity index (χ3v) is 3.81. The summed E-state index contributed by atoms with van der Waals surface area (Å²) in [5.74, 6) is 1.63. The zero-order valence-corrected chi connectivity index (χ0v) is 10.8. The van der Waals surface area contributed by atoms with Crippen molar-refractivity contribution in [2.24, 2.45) is 18.9 Å². The molecule has 1 heterocycles. The van der Waals surface area contributed by atoms with Gasteiger partial charge in [0, 0.05) is 19.3 Å². The molecule has 3 unspecified atom stereocenters. The smallest absolute Gasteiger partial charge is 0.0825 e. The van der Waals surface area contributed by atoms with Crippen LogP contribution in [0.15, 0.2) is 6.20 Å². The number of hydrogen-bond donors (Lipinski definition) is 1. The summed E-state index contributed by atoms with van der Waals surface area (Å²) in [6, 6.07) is 0.617. The topological polar surface area (TPSA) is 29.9 Å². The van der Waals surface area contributed by atoms with Crippen LogP contribution in [0.1, 0.15) is 38.8 Å². The third kappa shape index (κ3) is 2.39. The summed E-state index contributed by atoms with van der Waals surface area (Å²) in [4.78, 5) is 0. The minimum absolute atomic E-state index is 0.617. The molecule has 1 aromatic rings. The van der Waals surface area contributed by atoms with Gasteiger partial charge in [0.25, 0.3) is 0 Å². The van der Waals surface area contributed by atoms with E-state index in [-0.39, 0.29) is 0 Å². The van der Waals surface area contributed by atoms with E-state index in [1.807, 2.05) is 11.7 Å². The van der Waals surface area contributed by atoms with Crippen molar-refractivity contribution in [1.29, 1.82) is 0 Å². The molecule has 16 heavy (non-hydrogen) atoms. The van der Waals surface area contributed by atoms with Crippen LogP contribution in [0, 0.1) is 18.8 Å². The van der Waals surface area contributed by atoms with Crippen molar-refractivity contribution in [1.82, 2.24) is 9.78 Å². The SMILES string of the molecule is Cc1nn(C)cc1NC1CC(C)CCC1C. The first-order valence-corrected chi connectivity index (χ1v) is 6.33. The fourth-order valence-electron chi connectivity index (χ4n) is 2.67. The lowest BCUT2D eigenvalue weighted by atomic mass is 9.80. The standard InChI is InChI=1S/C13H23N3/c1-9-5-6-10(2)12(7-9)14-13-8-16(4)15-11(13)3/h8-10,12,14H,5-7H2,1-4H3. The molecule has 0 spiro atoms. The molecule has 0 aromatic carbocycles. The van der Waals surface area contributed by atoms with Crippen molar-refractivity contribution in [3.8, 4) is 0 Å². The Morgan fingerprint density at radius 2 is 2.12 bits per heavy atom. The van der Waals surface area contributed by atoms with Crippen molar-refractivity contribution >= 4 is 5.69 Å². The molecule has 3 heteroatoms. The molecule has 3 atom stereocenters. The molecule has 1 N–H and O–H groups in total. The van der Waals surface area contributed by atoms with Crippen molar-refractivity contribution in [3.63, 3.8) is 0 Å². The Morgan fingerprint density at radius 3 is 2.75 bits per heavy atom. The van der Waals surface area contributed by atoms with Crippen molar-refractivity contribution in [2.75, 3.05) is 5.32 Å². The molecular weight excluding hydrogens is 198 g/mol. The highest BCUT2D eigenvalue weighted by Crippen LogP contribution is 2.31. The van der Waals surface area contributed by atoms with Crippen LogP contribution in [0.2, 0.25) is 0 Å². The first-order valence-electron chi connectivity index (χ1n) is 6.33. The fourth-order valence-corrected chi connectivity index (χ4v) is 2.67. The highest BCUT2D eigenvalue weighted by molar-refractivity contribution is 5.46. The van der Waals surface area contributed by atoms with Crippen LogP contribution in [0.4, 0.5) is 5.69 Å². The molecule has 90 valence electrons. The zero-order valence-electron chi connectivity index (χ0n) is 10.8. The van der Waals surface area contributed by atoms with E-state index in [0.29, 0.717) is 6.04 Å². The number of nitrogens with one attached hydrogen (secondary N) is 1. The van der Waals surface area contributed by atoms with Gasteiger partial charge in [0.1, 0.15) is 0 Å². The second kappa shape index (κ2) is 4.48. The lowest BCUT2D eigenvalue weighted by Gasteiger charge is -2.33. The monoisotopic (exact) mass is 221 g/mol. The third-order valence-electron chi connectivity index (χ3n) is 3.81. The molecule has 0 aliphatic heterocycles. The van der Waals surface area contributed by atoms with E-state index in [1.165, 1.54) is 24.9 Å². The second-order valence-electron chi connectivity index (χ2n) is 5.45. The summed E-state index contributed by atoms with van der Waals surface area (Å²) >= 11 is 0. The first kappa shape index (κ1) is 11.5. The molecule has 2 rings (SSSR count). The minimum Gasteiger partial charge on any atom is -0.379 e. The van der Waals surface area contributed by atoms with Crippen molar-refractivity contribution in [2.45, 2.75) is 46.1 Å². The molecule has 3 nitrogen and oxygen atoms in total. The highest BCUT2D eigenvalue weighted by Gasteiger charge is 2.25. The molecule has 1 saturated carbocycles. The number of hydrogen-bond acceptors (Lipinski definition) is 2. The van der Waals surface area contributed by atoms with Gasteiger partial charge in [-0.2, -0.15) is 5.10 Å². The molecule has 0 radical (unpaired) electrons. The Morgan fingerprint density at radius 1 is 1.38 bits per heavy atom. The minimum atomic E-state index is 0.617. The maximum absolute atomic E-state index is 4.37. The number of nitrogens with zero attached hydrogens (tertiary/aromatic N) is 2. The maximum atomic E-state index is 4.37. The molecule has 1 aromatic heterocycles. The molecule has 1 aliphatic carbocycles. The van der Waals surface area contributed by atoms with Crippen LogP contribution in [0.25, 0.3) is 0 Å². The number of anilines is 1. The van der Waals surface area contributed by atoms with Crippen LogP contribution in [-0.2, 0) is 7.05 Å². The van der Waals surface area contributed by atoms with Crippen LogP contribution in [-0.4, -0.2) is 15.8 Å². The van der Waals surface area contributed by atoms with Crippen molar-refractivity contribution in [3.05, 3.63) is 11.9 Å². The Labute approximate surface area is 98.2 Å². The zero-order chi connectivity index (χ0) is 11.7. The van der Waals surface area contributed by atoms with Crippen molar-refractivity contribution < 1.29 is 0 Å². The van der Waals surface area contributed by atoms with E-state index in [0.717, 1.165) is 17.5 Å². The summed E-state index contributed by atoms with van der Waals surface area (Å²) in [7, 11) is 1.98. The van der Waals surface area contributed by atoms with E-state index in [1.54, 1.807) is 0 Å². The Bertz CT molecular complexity index is 356. The van der Waals surface area contributed by atoms with Gasteiger partial charge in [-0.05, 0) is 31.6 Å². The molecule has 0 bridgehead atoms. The molecule has 1 aliphatic rings. The van der Waals surface area contributed by atoms with E-state index in [9.17, 15) is 0 Å². The lowest BCUT2D eigenvalue weighted by molar-refractivity contribution is 0.280. The predicted molar refractivity (Wildman–Crippen MR) is 67.5 cm³/mol. The fraction of sp³-hybridized carbons (Fsp3) is 0.769. The quantitative estimate of drug-likeness (QED) is 0.832. The van der Waals surface area contributed by atoms with Gasteiger partial charge in [-0.1, -0.05) is 20.3 Å². The summed E-state index contributed by atoms with van der Waals surface area (Å²) in [6.45, 7) is 6.78. The van der Waals surface area contributed by atoms with Gasteiger partial charge < -0.3 is 5.32 Å². The lowest BCUT2D eigenvalue weighted by Crippen LogP contribution is -2.33. The Hall–Kier alpha value is -0.990. The van der Waals surface area contributed by atoms with E-state index in [2.05, 4.69) is 37.4 Å². The Balaban J connectivity index is 2.05. The van der Waals surface area contributed by atoms with E-state index in [4.69, 9.17) is 0 Å². The maximum Gasteiger partial charge on any atom is 0.0825 e. The van der Waals surface area contributed by atoms with Crippen LogP contribution >= 0.6 is 0 Å². The van der Waals surface area contributed by atoms with Gasteiger partial charge in [0.05, 0.1) is 11.4 Å². The summed E-state index contributed by atoms with van der Waals surface area (Å²) < 4.78 is 1.88. The summed E-state index contributed by atoms with van der Waals surface area (Å²) in [5.41, 5.74) is 2.31. The van der Waals surface area contributed by atoms with Gasteiger partial charge in [-0.25, -0.2) is 0 Å².